The highest BCUT2D eigenvalue weighted by Gasteiger charge is 2.25. The number of non-ortho nitro benzene ring substituents is 1. The van der Waals surface area contributed by atoms with E-state index < -0.39 is 10.3 Å². The van der Waals surface area contributed by atoms with Crippen LogP contribution in [0.5, 0.6) is 0 Å². The molecule has 6 nitrogen and oxygen atoms in total. The maximum atomic E-state index is 11.8. The van der Waals surface area contributed by atoms with Gasteiger partial charge in [0.25, 0.3) is 5.69 Å². The molecular weight excluding hydrogens is 234 g/mol. The largest absolute Gasteiger partial charge is 0.352 e. The fraction of sp³-hybridized carbons (Fsp3) is 0.417. The lowest BCUT2D eigenvalue weighted by molar-refractivity contribution is -0.384. The van der Waals surface area contributed by atoms with Crippen molar-refractivity contribution in [2.45, 2.75) is 20.4 Å². The normalized spacial score (nSPS) is 11.1. The van der Waals surface area contributed by atoms with E-state index in [1.165, 1.54) is 12.1 Å². The Morgan fingerprint density at radius 2 is 2.17 bits per heavy atom. The van der Waals surface area contributed by atoms with E-state index in [0.717, 1.165) is 0 Å². The van der Waals surface area contributed by atoms with Gasteiger partial charge >= 0.3 is 0 Å². The van der Waals surface area contributed by atoms with Crippen molar-refractivity contribution in [2.24, 2.45) is 11.1 Å². The molecule has 1 aromatic rings. The van der Waals surface area contributed by atoms with Crippen LogP contribution < -0.4 is 11.1 Å². The third-order valence-electron chi connectivity index (χ3n) is 2.70. The molecule has 1 amide bonds. The summed E-state index contributed by atoms with van der Waals surface area (Å²) in [7, 11) is 0. The zero-order valence-electron chi connectivity index (χ0n) is 10.5. The van der Waals surface area contributed by atoms with Crippen molar-refractivity contribution in [3.8, 4) is 0 Å². The van der Waals surface area contributed by atoms with Crippen molar-refractivity contribution in [1.29, 1.82) is 0 Å². The van der Waals surface area contributed by atoms with Gasteiger partial charge in [-0.05, 0) is 19.4 Å². The summed E-state index contributed by atoms with van der Waals surface area (Å²) in [5.41, 5.74) is 5.55. The minimum absolute atomic E-state index is 0.0137. The molecule has 3 N–H and O–H groups in total. The van der Waals surface area contributed by atoms with Gasteiger partial charge in [-0.15, -0.1) is 0 Å². The van der Waals surface area contributed by atoms with Crippen LogP contribution in [0, 0.1) is 15.5 Å². The van der Waals surface area contributed by atoms with Crippen molar-refractivity contribution in [2.75, 3.05) is 6.54 Å². The molecule has 98 valence electrons. The summed E-state index contributed by atoms with van der Waals surface area (Å²) in [6.07, 6.45) is 0. The number of nitro groups is 1. The maximum absolute atomic E-state index is 11.8. The van der Waals surface area contributed by atoms with Gasteiger partial charge in [0.2, 0.25) is 5.91 Å². The minimum Gasteiger partial charge on any atom is -0.352 e. The van der Waals surface area contributed by atoms with Crippen LogP contribution in [0.2, 0.25) is 0 Å². The number of carbonyl (C=O) groups is 1. The Morgan fingerprint density at radius 1 is 1.50 bits per heavy atom. The van der Waals surface area contributed by atoms with Gasteiger partial charge in [0.15, 0.2) is 0 Å². The van der Waals surface area contributed by atoms with Crippen LogP contribution in [-0.2, 0) is 11.3 Å². The first kappa shape index (κ1) is 14.1. The van der Waals surface area contributed by atoms with Gasteiger partial charge in [-0.2, -0.15) is 0 Å². The van der Waals surface area contributed by atoms with Gasteiger partial charge < -0.3 is 11.1 Å². The molecule has 0 unspecified atom stereocenters. The molecule has 6 heteroatoms. The van der Waals surface area contributed by atoms with Crippen molar-refractivity contribution < 1.29 is 9.72 Å². The van der Waals surface area contributed by atoms with Crippen LogP contribution in [0.25, 0.3) is 0 Å². The first-order valence-electron chi connectivity index (χ1n) is 5.58. The van der Waals surface area contributed by atoms with Gasteiger partial charge in [-0.25, -0.2) is 0 Å². The number of rotatable bonds is 5. The van der Waals surface area contributed by atoms with E-state index >= 15 is 0 Å². The van der Waals surface area contributed by atoms with Crippen LogP contribution in [0.1, 0.15) is 19.4 Å². The molecule has 1 rings (SSSR count). The van der Waals surface area contributed by atoms with Crippen molar-refractivity contribution in [1.82, 2.24) is 5.32 Å². The summed E-state index contributed by atoms with van der Waals surface area (Å²) >= 11 is 0. The molecule has 0 heterocycles. The average Bonchev–Trinajstić information content (AvgIpc) is 2.36. The maximum Gasteiger partial charge on any atom is 0.269 e. The predicted octanol–water partition coefficient (Wildman–Crippen LogP) is 1.20. The Bertz CT molecular complexity index is 458. The topological polar surface area (TPSA) is 98.3 Å². The molecule has 0 aromatic heterocycles. The summed E-state index contributed by atoms with van der Waals surface area (Å²) in [5.74, 6) is -0.170. The molecule has 0 saturated carbocycles. The third-order valence-corrected chi connectivity index (χ3v) is 2.70. The zero-order valence-corrected chi connectivity index (χ0v) is 10.5. The first-order chi connectivity index (χ1) is 8.36. The minimum atomic E-state index is -0.638. The van der Waals surface area contributed by atoms with E-state index in [0.29, 0.717) is 5.56 Å². The van der Waals surface area contributed by atoms with Crippen LogP contribution in [0.15, 0.2) is 24.3 Å². The Kier molecular flexibility index (Phi) is 4.38. The summed E-state index contributed by atoms with van der Waals surface area (Å²) in [5, 5.41) is 13.3. The first-order valence-corrected chi connectivity index (χ1v) is 5.58. The standard InChI is InChI=1S/C12H17N3O3/c1-12(2,8-13)11(16)14-7-9-4-3-5-10(6-9)15(17)18/h3-6H,7-8,13H2,1-2H3,(H,14,16). The lowest BCUT2D eigenvalue weighted by Gasteiger charge is -2.21. The lowest BCUT2D eigenvalue weighted by atomic mass is 9.92. The summed E-state index contributed by atoms with van der Waals surface area (Å²) in [6.45, 7) is 3.99. The molecule has 0 bridgehead atoms. The number of hydrogen-bond donors (Lipinski definition) is 2. The Balaban J connectivity index is 2.67. The number of amides is 1. The molecule has 18 heavy (non-hydrogen) atoms. The van der Waals surface area contributed by atoms with Gasteiger partial charge in [0.05, 0.1) is 10.3 Å². The van der Waals surface area contributed by atoms with Gasteiger partial charge in [-0.1, -0.05) is 12.1 Å². The van der Waals surface area contributed by atoms with E-state index in [1.54, 1.807) is 26.0 Å². The van der Waals surface area contributed by atoms with Crippen LogP contribution >= 0.6 is 0 Å². The van der Waals surface area contributed by atoms with Gasteiger partial charge in [0, 0.05) is 25.2 Å². The fourth-order valence-electron chi connectivity index (χ4n) is 1.29. The molecule has 0 saturated heterocycles. The van der Waals surface area contributed by atoms with E-state index in [-0.39, 0.29) is 24.7 Å². The second kappa shape index (κ2) is 5.59. The number of nitrogens with two attached hydrogens (primary N) is 1. The van der Waals surface area contributed by atoms with E-state index in [4.69, 9.17) is 5.73 Å². The Morgan fingerprint density at radius 3 is 2.72 bits per heavy atom. The van der Waals surface area contributed by atoms with Gasteiger partial charge in [0.1, 0.15) is 0 Å². The molecule has 0 aliphatic carbocycles. The fourth-order valence-corrected chi connectivity index (χ4v) is 1.29. The van der Waals surface area contributed by atoms with Crippen molar-refractivity contribution in [3.05, 3.63) is 39.9 Å². The zero-order chi connectivity index (χ0) is 13.8. The molecular formula is C12H17N3O3. The molecule has 1 aromatic carbocycles. The summed E-state index contributed by atoms with van der Waals surface area (Å²) < 4.78 is 0. The summed E-state index contributed by atoms with van der Waals surface area (Å²) in [4.78, 5) is 21.9. The highest BCUT2D eigenvalue weighted by atomic mass is 16.6. The summed E-state index contributed by atoms with van der Waals surface area (Å²) in [6, 6.07) is 6.17. The van der Waals surface area contributed by atoms with Crippen molar-refractivity contribution >= 4 is 11.6 Å². The molecule has 0 fully saturated rings. The van der Waals surface area contributed by atoms with E-state index in [2.05, 4.69) is 5.32 Å². The molecule has 0 aliphatic rings. The molecule has 0 atom stereocenters. The smallest absolute Gasteiger partial charge is 0.269 e. The van der Waals surface area contributed by atoms with Crippen LogP contribution in [-0.4, -0.2) is 17.4 Å². The highest BCUT2D eigenvalue weighted by Crippen LogP contribution is 2.15. The van der Waals surface area contributed by atoms with Crippen molar-refractivity contribution in [3.63, 3.8) is 0 Å². The second-order valence-corrected chi connectivity index (χ2v) is 4.70. The number of hydrogen-bond acceptors (Lipinski definition) is 4. The predicted molar refractivity (Wildman–Crippen MR) is 67.8 cm³/mol. The Hall–Kier alpha value is -1.95. The molecule has 0 aliphatic heterocycles. The van der Waals surface area contributed by atoms with E-state index in [9.17, 15) is 14.9 Å². The SMILES string of the molecule is CC(C)(CN)C(=O)NCc1cccc([N+](=O)[O-])c1. The highest BCUT2D eigenvalue weighted by molar-refractivity contribution is 5.82. The number of nitro benzene ring substituents is 1. The van der Waals surface area contributed by atoms with E-state index in [1.807, 2.05) is 0 Å². The van der Waals surface area contributed by atoms with Gasteiger partial charge in [-0.3, -0.25) is 14.9 Å². The third kappa shape index (κ3) is 3.53. The average molecular weight is 251 g/mol. The molecule has 0 spiro atoms. The quantitative estimate of drug-likeness (QED) is 0.606. The Labute approximate surface area is 105 Å². The number of nitrogens with zero attached hydrogens (tertiary/aromatic N) is 1. The number of benzene rings is 1. The second-order valence-electron chi connectivity index (χ2n) is 4.70. The number of nitrogens with one attached hydrogen (secondary N) is 1. The lowest BCUT2D eigenvalue weighted by Crippen LogP contribution is -2.41. The molecule has 0 radical (unpaired) electrons. The number of carbonyl (C=O) groups excluding carboxylic acids is 1. The van der Waals surface area contributed by atoms with Crippen LogP contribution in [0.4, 0.5) is 5.69 Å². The monoisotopic (exact) mass is 251 g/mol. The van der Waals surface area contributed by atoms with Crippen LogP contribution in [0.3, 0.4) is 0 Å².